The van der Waals surface area contributed by atoms with E-state index in [0.717, 1.165) is 0 Å². The van der Waals surface area contributed by atoms with Gasteiger partial charge in [-0.1, -0.05) is 20.4 Å². The molecule has 4 heteroatoms. The van der Waals surface area contributed by atoms with E-state index in [1.165, 1.54) is 6.92 Å². The number of ether oxygens (including phenoxy) is 1. The fourth-order valence-corrected chi connectivity index (χ4v) is 0.250. The zero-order chi connectivity index (χ0) is 10.1. The lowest BCUT2D eigenvalue weighted by atomic mass is 10.4. The van der Waals surface area contributed by atoms with Crippen LogP contribution in [0.15, 0.2) is 12.2 Å². The Labute approximate surface area is 71.8 Å². The van der Waals surface area contributed by atoms with E-state index >= 15 is 0 Å². The fraction of sp³-hybridized carbons (Fsp3) is 0.500. The number of carbonyl (C=O) groups excluding carboxylic acids is 1. The van der Waals surface area contributed by atoms with Gasteiger partial charge in [0.05, 0.1) is 0 Å². The predicted octanol–water partition coefficient (Wildman–Crippen LogP) is 1.22. The van der Waals surface area contributed by atoms with Crippen molar-refractivity contribution in [1.29, 1.82) is 0 Å². The summed E-state index contributed by atoms with van der Waals surface area (Å²) in [5, 5.41) is 8.04. The van der Waals surface area contributed by atoms with Crippen LogP contribution in [0.5, 0.6) is 0 Å². The number of rotatable bonds is 3. The number of aliphatic carboxylic acids is 1. The van der Waals surface area contributed by atoms with E-state index < -0.39 is 18.5 Å². The van der Waals surface area contributed by atoms with E-state index in [9.17, 15) is 9.59 Å². The molecule has 0 aromatic rings. The molecule has 0 bridgehead atoms. The summed E-state index contributed by atoms with van der Waals surface area (Å²) in [6.07, 6.45) is 0. The summed E-state index contributed by atoms with van der Waals surface area (Å²) in [5.41, 5.74) is 0.196. The largest absolute Gasteiger partial charge is 0.479 e. The highest BCUT2D eigenvalue weighted by Gasteiger charge is 2.04. The van der Waals surface area contributed by atoms with Gasteiger partial charge in [-0.05, 0) is 6.92 Å². The van der Waals surface area contributed by atoms with E-state index in [-0.39, 0.29) is 5.57 Å². The van der Waals surface area contributed by atoms with Crippen molar-refractivity contribution >= 4 is 11.9 Å². The Hall–Kier alpha value is -1.32. The van der Waals surface area contributed by atoms with Crippen LogP contribution in [-0.4, -0.2) is 23.7 Å². The fourth-order valence-electron chi connectivity index (χ4n) is 0.250. The highest BCUT2D eigenvalue weighted by atomic mass is 16.5. The Balaban J connectivity index is 0. The summed E-state index contributed by atoms with van der Waals surface area (Å²) in [6.45, 7) is 8.11. The summed E-state index contributed by atoms with van der Waals surface area (Å²) in [4.78, 5) is 20.3. The van der Waals surface area contributed by atoms with E-state index in [4.69, 9.17) is 5.11 Å². The summed E-state index contributed by atoms with van der Waals surface area (Å²) in [7, 11) is 0. The Morgan fingerprint density at radius 3 is 2.08 bits per heavy atom. The molecule has 0 amide bonds. The molecule has 0 saturated heterocycles. The average Bonchev–Trinajstić information content (AvgIpc) is 2.03. The number of esters is 1. The topological polar surface area (TPSA) is 63.6 Å². The minimum Gasteiger partial charge on any atom is -0.479 e. The van der Waals surface area contributed by atoms with E-state index in [2.05, 4.69) is 11.3 Å². The van der Waals surface area contributed by atoms with Gasteiger partial charge in [0, 0.05) is 5.57 Å². The summed E-state index contributed by atoms with van der Waals surface area (Å²) >= 11 is 0. The molecule has 0 aliphatic heterocycles. The molecular formula is C8H14O4. The van der Waals surface area contributed by atoms with E-state index in [0.29, 0.717) is 0 Å². The predicted molar refractivity (Wildman–Crippen MR) is 44.8 cm³/mol. The van der Waals surface area contributed by atoms with Crippen LogP contribution in [0, 0.1) is 0 Å². The van der Waals surface area contributed by atoms with Crippen molar-refractivity contribution in [3.8, 4) is 0 Å². The van der Waals surface area contributed by atoms with Gasteiger partial charge in [-0.25, -0.2) is 9.59 Å². The normalized spacial score (nSPS) is 7.58. The molecule has 70 valence electrons. The zero-order valence-corrected chi connectivity index (χ0v) is 7.59. The molecule has 0 atom stereocenters. The smallest absolute Gasteiger partial charge is 0.341 e. The maximum absolute atomic E-state index is 10.5. The first-order valence-electron chi connectivity index (χ1n) is 3.58. The van der Waals surface area contributed by atoms with Gasteiger partial charge in [0.15, 0.2) is 6.61 Å². The summed E-state index contributed by atoms with van der Waals surface area (Å²) < 4.78 is 4.23. The van der Waals surface area contributed by atoms with Crippen LogP contribution in [0.1, 0.15) is 20.8 Å². The lowest BCUT2D eigenvalue weighted by molar-refractivity contribution is -0.152. The number of carboxylic acid groups (broad SMARTS) is 1. The number of hydrogen-bond acceptors (Lipinski definition) is 3. The number of carbonyl (C=O) groups is 2. The van der Waals surface area contributed by atoms with Gasteiger partial charge in [0.2, 0.25) is 0 Å². The molecule has 0 fully saturated rings. The highest BCUT2D eigenvalue weighted by molar-refractivity contribution is 5.88. The molecule has 0 rings (SSSR count). The van der Waals surface area contributed by atoms with Gasteiger partial charge in [-0.15, -0.1) is 0 Å². The Bertz CT molecular complexity index is 172. The van der Waals surface area contributed by atoms with Crippen LogP contribution >= 0.6 is 0 Å². The molecule has 0 heterocycles. The van der Waals surface area contributed by atoms with Crippen LogP contribution < -0.4 is 0 Å². The zero-order valence-electron chi connectivity index (χ0n) is 7.59. The minimum atomic E-state index is -1.17. The minimum absolute atomic E-state index is 0.196. The SMILES string of the molecule is C=C(C)C(=O)OCC(=O)O.CC. The number of hydrogen-bond donors (Lipinski definition) is 1. The maximum atomic E-state index is 10.5. The van der Waals surface area contributed by atoms with Crippen molar-refractivity contribution in [2.24, 2.45) is 0 Å². The standard InChI is InChI=1S/C6H8O4.C2H6/c1-4(2)6(9)10-3-5(7)8;1-2/h1,3H2,2H3,(H,7,8);1-2H3. The molecule has 0 aromatic heterocycles. The quantitative estimate of drug-likeness (QED) is 0.516. The third kappa shape index (κ3) is 8.68. The van der Waals surface area contributed by atoms with E-state index in [1.807, 2.05) is 13.8 Å². The molecule has 0 aliphatic rings. The third-order valence-corrected chi connectivity index (χ3v) is 0.675. The van der Waals surface area contributed by atoms with Crippen molar-refractivity contribution in [3.63, 3.8) is 0 Å². The van der Waals surface area contributed by atoms with E-state index in [1.54, 1.807) is 0 Å². The Kier molecular flexibility index (Phi) is 8.62. The van der Waals surface area contributed by atoms with Gasteiger partial charge in [0.25, 0.3) is 0 Å². The average molecular weight is 174 g/mol. The molecule has 0 saturated carbocycles. The first-order chi connectivity index (χ1) is 5.54. The van der Waals surface area contributed by atoms with Gasteiger partial charge < -0.3 is 9.84 Å². The third-order valence-electron chi connectivity index (χ3n) is 0.675. The van der Waals surface area contributed by atoms with Crippen LogP contribution in [0.2, 0.25) is 0 Å². The molecule has 0 spiro atoms. The Morgan fingerprint density at radius 1 is 1.42 bits per heavy atom. The second-order valence-corrected chi connectivity index (χ2v) is 1.75. The maximum Gasteiger partial charge on any atom is 0.341 e. The van der Waals surface area contributed by atoms with Gasteiger partial charge >= 0.3 is 11.9 Å². The second-order valence-electron chi connectivity index (χ2n) is 1.75. The van der Waals surface area contributed by atoms with Crippen LogP contribution in [-0.2, 0) is 14.3 Å². The van der Waals surface area contributed by atoms with Crippen molar-refractivity contribution < 1.29 is 19.4 Å². The highest BCUT2D eigenvalue weighted by Crippen LogP contribution is 1.90. The van der Waals surface area contributed by atoms with Gasteiger partial charge in [-0.3, -0.25) is 0 Å². The first-order valence-corrected chi connectivity index (χ1v) is 3.58. The molecule has 0 unspecified atom stereocenters. The Morgan fingerprint density at radius 2 is 1.83 bits per heavy atom. The molecule has 0 aliphatic carbocycles. The van der Waals surface area contributed by atoms with Gasteiger partial charge in [-0.2, -0.15) is 0 Å². The number of carboxylic acids is 1. The lowest BCUT2D eigenvalue weighted by Crippen LogP contribution is -2.12. The molecular weight excluding hydrogens is 160 g/mol. The molecule has 12 heavy (non-hydrogen) atoms. The van der Waals surface area contributed by atoms with Crippen LogP contribution in [0.4, 0.5) is 0 Å². The molecule has 0 aromatic carbocycles. The monoisotopic (exact) mass is 174 g/mol. The van der Waals surface area contributed by atoms with Crippen molar-refractivity contribution in [1.82, 2.24) is 0 Å². The van der Waals surface area contributed by atoms with Crippen molar-refractivity contribution in [2.45, 2.75) is 20.8 Å². The lowest BCUT2D eigenvalue weighted by Gasteiger charge is -1.98. The molecule has 0 radical (unpaired) electrons. The summed E-state index contributed by atoms with van der Waals surface area (Å²) in [6, 6.07) is 0. The first kappa shape index (κ1) is 13.3. The van der Waals surface area contributed by atoms with Gasteiger partial charge in [0.1, 0.15) is 0 Å². The van der Waals surface area contributed by atoms with Crippen molar-refractivity contribution in [2.75, 3.05) is 6.61 Å². The van der Waals surface area contributed by atoms with Crippen molar-refractivity contribution in [3.05, 3.63) is 12.2 Å². The second kappa shape index (κ2) is 7.78. The van der Waals surface area contributed by atoms with Crippen LogP contribution in [0.25, 0.3) is 0 Å². The summed E-state index contributed by atoms with van der Waals surface area (Å²) in [5.74, 6) is -1.85. The van der Waals surface area contributed by atoms with Crippen LogP contribution in [0.3, 0.4) is 0 Å². The molecule has 4 nitrogen and oxygen atoms in total. The molecule has 1 N–H and O–H groups in total.